The molecule has 10 heteroatoms. The van der Waals surface area contributed by atoms with Crippen LogP contribution < -0.4 is 5.32 Å². The number of fused-ring (bicyclic) bond motifs is 16. The van der Waals surface area contributed by atoms with Gasteiger partial charge in [-0.3, -0.25) is 4.79 Å². The Labute approximate surface area is 687 Å². The number of carbonyl (C=O) groups is 1. The average molecular weight is 1530 g/mol. The van der Waals surface area contributed by atoms with Gasteiger partial charge >= 0.3 is 0 Å². The van der Waals surface area contributed by atoms with E-state index in [0.717, 1.165) is 163 Å². The van der Waals surface area contributed by atoms with E-state index >= 15 is 0 Å². The second-order valence-electron chi connectivity index (χ2n) is 40.9. The van der Waals surface area contributed by atoms with Gasteiger partial charge in [0.1, 0.15) is 0 Å². The fourth-order valence-electron chi connectivity index (χ4n) is 16.1. The smallest absolute Gasteiger partial charge is 0.251 e. The van der Waals surface area contributed by atoms with E-state index in [1.165, 1.54) is 44.5 Å². The summed E-state index contributed by atoms with van der Waals surface area (Å²) in [6.07, 6.45) is 18.4. The second-order valence-corrected chi connectivity index (χ2v) is 40.9. The van der Waals surface area contributed by atoms with Crippen molar-refractivity contribution in [3.63, 3.8) is 0 Å². The first-order valence-electron chi connectivity index (χ1n) is 41.7. The maximum Gasteiger partial charge on any atom is 0.251 e. The zero-order valence-electron chi connectivity index (χ0n) is 73.2. The fourth-order valence-corrected chi connectivity index (χ4v) is 16.1. The molecule has 10 heterocycles. The third-order valence-corrected chi connectivity index (χ3v) is 23.4. The van der Waals surface area contributed by atoms with Crippen molar-refractivity contribution >= 4 is 98.6 Å². The van der Waals surface area contributed by atoms with E-state index in [0.29, 0.717) is 12.1 Å². The van der Waals surface area contributed by atoms with Gasteiger partial charge in [0.25, 0.3) is 5.91 Å². The lowest BCUT2D eigenvalue weighted by atomic mass is 9.78. The molecule has 11 aromatic rings. The van der Waals surface area contributed by atoms with Crippen LogP contribution in [0.2, 0.25) is 0 Å². The van der Waals surface area contributed by atoms with Crippen molar-refractivity contribution < 1.29 is 4.79 Å². The minimum absolute atomic E-state index is 0.102. The van der Waals surface area contributed by atoms with Gasteiger partial charge < -0.3 is 25.3 Å². The summed E-state index contributed by atoms with van der Waals surface area (Å²) in [5.74, 6) is -0.102. The molecule has 0 spiro atoms. The van der Waals surface area contributed by atoms with Crippen molar-refractivity contribution in [3.8, 4) is 66.8 Å². The first kappa shape index (κ1) is 80.0. The van der Waals surface area contributed by atoms with Crippen LogP contribution in [0.4, 0.5) is 0 Å². The second kappa shape index (κ2) is 28.9. The minimum Gasteiger partial charge on any atom is -0.355 e. The fraction of sp³-hybridized carbons (Fsp3) is 0.330. The van der Waals surface area contributed by atoms with Crippen LogP contribution in [-0.2, 0) is 43.3 Å². The Hall–Kier alpha value is -11.2. The van der Waals surface area contributed by atoms with E-state index in [-0.39, 0.29) is 49.2 Å². The quantitative estimate of drug-likeness (QED) is 0.0978. The molecule has 5 N–H and O–H groups in total. The third-order valence-electron chi connectivity index (χ3n) is 23.4. The molecule has 0 aliphatic carbocycles. The number of aromatic amines is 4. The molecule has 15 rings (SSSR count). The number of hydrogen-bond acceptors (Lipinski definition) is 5. The van der Waals surface area contributed by atoms with E-state index in [4.69, 9.17) is 19.9 Å². The zero-order chi connectivity index (χ0) is 83.1. The first-order valence-corrected chi connectivity index (χ1v) is 41.7. The summed E-state index contributed by atoms with van der Waals surface area (Å²) in [6.45, 7) is 58.0. The molecule has 0 saturated carbocycles. The van der Waals surface area contributed by atoms with Gasteiger partial charge in [0.15, 0.2) is 0 Å². The summed E-state index contributed by atoms with van der Waals surface area (Å²) >= 11 is 0. The standard InChI is InChI=1S/C106H117N9O/c1-26-47-107-98(116)62-29-27-61(28-30-62)91-79-35-37-83(110-79)94(65-52-71(103(14,15)16)58-72(53-65)104(17,18)19)85-41-45-89(114-85)97(90-46-42-86(115-90)95(84-38-36-80(91)111-84)66-54-73(105(20,21)22)59-74(55-66)106(23,24)25)96-87-43-39-81(112-87)92(63-48-67(99(2,3)4)56-68(49-63)100(5,6)7)77-33-31-75(108-77)60-76-32-34-78(109-76)93(82-40-44-88(96)113-82)64-50-69(101(8,9)10)57-70(51-64)102(11,12)13/h27-46,48-60,108,110,113,115H,26,47H2,1-25H3,(H,107,116). The summed E-state index contributed by atoms with van der Waals surface area (Å²) in [7, 11) is 0. The van der Waals surface area contributed by atoms with Crippen LogP contribution in [0.1, 0.15) is 280 Å². The molecule has 0 radical (unpaired) electrons. The molecular formula is C106H117N9O. The monoisotopic (exact) mass is 1530 g/mol. The summed E-state index contributed by atoms with van der Waals surface area (Å²) in [5, 5.41) is 3.10. The Balaban J connectivity index is 1.17. The number of carbonyl (C=O) groups excluding carboxylic acids is 1. The summed E-state index contributed by atoms with van der Waals surface area (Å²) in [4.78, 5) is 53.9. The number of nitrogens with zero attached hydrogens (tertiary/aromatic N) is 4. The van der Waals surface area contributed by atoms with Gasteiger partial charge in [0.05, 0.1) is 45.6 Å². The largest absolute Gasteiger partial charge is 0.355 e. The molecule has 5 aromatic carbocycles. The number of nitrogens with one attached hydrogen (secondary N) is 5. The predicted octanol–water partition coefficient (Wildman–Crippen LogP) is 28.1. The zero-order valence-corrected chi connectivity index (χ0v) is 73.2. The van der Waals surface area contributed by atoms with Gasteiger partial charge in [-0.1, -0.05) is 258 Å². The summed E-state index contributed by atoms with van der Waals surface area (Å²) in [6, 6.07) is 56.6. The van der Waals surface area contributed by atoms with Crippen molar-refractivity contribution in [2.24, 2.45) is 0 Å². The van der Waals surface area contributed by atoms with Gasteiger partial charge in [-0.05, 0) is 237 Å². The number of hydrogen-bond donors (Lipinski definition) is 5. The van der Waals surface area contributed by atoms with Crippen molar-refractivity contribution in [1.29, 1.82) is 0 Å². The van der Waals surface area contributed by atoms with Crippen molar-refractivity contribution in [1.82, 2.24) is 45.2 Å². The maximum atomic E-state index is 13.7. The van der Waals surface area contributed by atoms with Crippen LogP contribution in [0.5, 0.6) is 0 Å². The van der Waals surface area contributed by atoms with Crippen LogP contribution in [0.3, 0.4) is 0 Å². The highest BCUT2D eigenvalue weighted by atomic mass is 16.1. The number of aromatic nitrogens is 8. The van der Waals surface area contributed by atoms with Gasteiger partial charge in [0.2, 0.25) is 0 Å². The highest BCUT2D eigenvalue weighted by Crippen LogP contribution is 2.47. The van der Waals surface area contributed by atoms with Crippen molar-refractivity contribution in [2.75, 3.05) is 6.54 Å². The maximum absolute atomic E-state index is 13.7. The van der Waals surface area contributed by atoms with Gasteiger partial charge in [-0.25, -0.2) is 19.9 Å². The Morgan fingerprint density at radius 2 is 0.509 bits per heavy atom. The Morgan fingerprint density at radius 1 is 0.267 bits per heavy atom. The molecule has 592 valence electrons. The lowest BCUT2D eigenvalue weighted by Crippen LogP contribution is -2.23. The van der Waals surface area contributed by atoms with Crippen molar-refractivity contribution in [3.05, 3.63) is 247 Å². The topological polar surface area (TPSA) is 144 Å². The molecule has 0 fully saturated rings. The molecule has 16 bridgehead atoms. The van der Waals surface area contributed by atoms with Crippen LogP contribution in [0.25, 0.3) is 160 Å². The SMILES string of the molecule is CCCNC(=O)c1ccc(-c2c3nc(c(-c4cc(C(C)(C)C)cc(C(C)(C)C)c4)c4ccc([nH]4)c(-c4c5nc(c(-c6cc(C(C)(C)C)cc(C(C)(C)C)c6)c6ccc(cc7nc(c(-c8cc(C(C)(C)C)cc(C(C)(C)C)c8)c8ccc4[nH]8)C=C7)[nH]6)C=C5)c4nc(c(-c5cc(C(C)(C)C)cc(C(C)(C)C)c5)c5ccc2[nH]5)C=C4)C=C3)cc1. The highest BCUT2D eigenvalue weighted by molar-refractivity contribution is 6.06. The van der Waals surface area contributed by atoms with E-state index in [1.807, 2.05) is 12.1 Å². The number of benzene rings is 5. The summed E-state index contributed by atoms with van der Waals surface area (Å²) in [5.41, 5.74) is 34.0. The molecular weight excluding hydrogens is 1420 g/mol. The van der Waals surface area contributed by atoms with E-state index in [1.54, 1.807) is 0 Å². The minimum atomic E-state index is -0.209. The van der Waals surface area contributed by atoms with E-state index in [2.05, 4.69) is 386 Å². The van der Waals surface area contributed by atoms with Crippen LogP contribution in [-0.4, -0.2) is 52.3 Å². The molecule has 4 aliphatic heterocycles. The van der Waals surface area contributed by atoms with Crippen LogP contribution >= 0.6 is 0 Å². The molecule has 0 atom stereocenters. The van der Waals surface area contributed by atoms with Gasteiger partial charge in [-0.2, -0.15) is 0 Å². The van der Waals surface area contributed by atoms with Crippen LogP contribution in [0, 0.1) is 0 Å². The molecule has 4 aliphatic rings. The molecule has 6 aromatic heterocycles. The predicted molar refractivity (Wildman–Crippen MR) is 496 cm³/mol. The Kier molecular flexibility index (Phi) is 19.9. The number of rotatable bonds is 9. The number of H-pyrrole nitrogens is 4. The van der Waals surface area contributed by atoms with E-state index in [9.17, 15) is 4.79 Å². The first-order chi connectivity index (χ1) is 54.3. The third kappa shape index (κ3) is 15.9. The van der Waals surface area contributed by atoms with Crippen LogP contribution in [0.15, 0.2) is 152 Å². The lowest BCUT2D eigenvalue weighted by molar-refractivity contribution is 0.0953. The summed E-state index contributed by atoms with van der Waals surface area (Å²) < 4.78 is 0. The lowest BCUT2D eigenvalue weighted by Gasteiger charge is -2.26. The van der Waals surface area contributed by atoms with Crippen molar-refractivity contribution in [2.45, 2.75) is 223 Å². The normalized spacial score (nSPS) is 13.5. The average Bonchev–Trinajstić information content (AvgIpc) is 1.57. The molecule has 0 unspecified atom stereocenters. The number of amides is 1. The Morgan fingerprint density at radius 3 is 0.793 bits per heavy atom. The van der Waals surface area contributed by atoms with Gasteiger partial charge in [0, 0.05) is 95.2 Å². The molecule has 116 heavy (non-hydrogen) atoms. The molecule has 0 saturated heterocycles. The molecule has 10 nitrogen and oxygen atoms in total. The van der Waals surface area contributed by atoms with Gasteiger partial charge in [-0.15, -0.1) is 0 Å². The molecule has 1 amide bonds. The van der Waals surface area contributed by atoms with E-state index < -0.39 is 0 Å². The highest BCUT2D eigenvalue weighted by Gasteiger charge is 2.31. The Bertz CT molecular complexity index is 6040.